The summed E-state index contributed by atoms with van der Waals surface area (Å²) in [4.78, 5) is 20.5. The Morgan fingerprint density at radius 3 is 3.07 bits per heavy atom. The summed E-state index contributed by atoms with van der Waals surface area (Å²) in [7, 11) is 0. The van der Waals surface area contributed by atoms with Gasteiger partial charge in [-0.05, 0) is 43.2 Å². The second-order valence-electron chi connectivity index (χ2n) is 7.41. The van der Waals surface area contributed by atoms with E-state index in [-0.39, 0.29) is 5.56 Å². The van der Waals surface area contributed by atoms with Gasteiger partial charge >= 0.3 is 0 Å². The highest BCUT2D eigenvalue weighted by atomic mass is 32.2. The van der Waals surface area contributed by atoms with E-state index in [1.807, 2.05) is 0 Å². The number of aromatic nitrogens is 2. The van der Waals surface area contributed by atoms with E-state index in [4.69, 9.17) is 4.98 Å². The van der Waals surface area contributed by atoms with Gasteiger partial charge in [-0.2, -0.15) is 0 Å². The molecule has 27 heavy (non-hydrogen) atoms. The lowest BCUT2D eigenvalue weighted by Crippen LogP contribution is -2.23. The molecule has 1 aromatic carbocycles. The summed E-state index contributed by atoms with van der Waals surface area (Å²) in [6, 6.07) is 8.49. The molecule has 0 N–H and O–H groups in total. The maximum Gasteiger partial charge on any atom is 0.263 e. The molecular formula is C22H24N2OS2. The standard InChI is InChI=1S/C22H24N2OS2/c1-4-10-24-21(25)19-17-9-8-15(3)12-18(17)27-20(19)23-22(24)26-13-16-7-5-6-14(2)11-16/h4-7,11,15H,1,8-10,12-13H2,2-3H3/t15-/m0/s1. The van der Waals surface area contributed by atoms with Crippen molar-refractivity contribution in [3.05, 3.63) is 68.8 Å². The van der Waals surface area contributed by atoms with Crippen LogP contribution in [0.5, 0.6) is 0 Å². The fourth-order valence-corrected chi connectivity index (χ4v) is 6.13. The van der Waals surface area contributed by atoms with E-state index in [1.165, 1.54) is 21.6 Å². The molecule has 140 valence electrons. The van der Waals surface area contributed by atoms with E-state index in [0.717, 1.165) is 40.4 Å². The van der Waals surface area contributed by atoms with Crippen LogP contribution in [0.4, 0.5) is 0 Å². The average Bonchev–Trinajstić information content (AvgIpc) is 3.00. The maximum absolute atomic E-state index is 13.3. The molecule has 2 heterocycles. The fraction of sp³-hybridized carbons (Fsp3) is 0.364. The lowest BCUT2D eigenvalue weighted by atomic mass is 9.89. The number of fused-ring (bicyclic) bond motifs is 3. The van der Waals surface area contributed by atoms with Crippen LogP contribution in [-0.2, 0) is 25.1 Å². The summed E-state index contributed by atoms with van der Waals surface area (Å²) >= 11 is 3.35. The van der Waals surface area contributed by atoms with E-state index >= 15 is 0 Å². The summed E-state index contributed by atoms with van der Waals surface area (Å²) < 4.78 is 1.79. The van der Waals surface area contributed by atoms with E-state index < -0.39 is 0 Å². The Labute approximate surface area is 168 Å². The van der Waals surface area contributed by atoms with Gasteiger partial charge in [0, 0.05) is 17.2 Å². The van der Waals surface area contributed by atoms with Gasteiger partial charge in [0.05, 0.1) is 5.39 Å². The molecule has 1 aliphatic carbocycles. The van der Waals surface area contributed by atoms with Gasteiger partial charge in [0.1, 0.15) is 4.83 Å². The monoisotopic (exact) mass is 396 g/mol. The third-order valence-electron chi connectivity index (χ3n) is 5.14. The van der Waals surface area contributed by atoms with Crippen LogP contribution in [-0.4, -0.2) is 9.55 Å². The first-order chi connectivity index (χ1) is 13.1. The van der Waals surface area contributed by atoms with Gasteiger partial charge in [0.2, 0.25) is 0 Å². The first-order valence-corrected chi connectivity index (χ1v) is 11.2. The zero-order chi connectivity index (χ0) is 19.0. The molecular weight excluding hydrogens is 372 g/mol. The van der Waals surface area contributed by atoms with Crippen molar-refractivity contribution >= 4 is 33.3 Å². The van der Waals surface area contributed by atoms with Crippen LogP contribution in [0.1, 0.15) is 34.9 Å². The van der Waals surface area contributed by atoms with Crippen molar-refractivity contribution in [3.8, 4) is 0 Å². The molecule has 2 aromatic heterocycles. The van der Waals surface area contributed by atoms with Crippen LogP contribution in [0.2, 0.25) is 0 Å². The lowest BCUT2D eigenvalue weighted by Gasteiger charge is -2.17. The molecule has 1 aliphatic rings. The second-order valence-corrected chi connectivity index (χ2v) is 9.43. The van der Waals surface area contributed by atoms with Crippen molar-refractivity contribution in [2.75, 3.05) is 0 Å². The minimum Gasteiger partial charge on any atom is -0.283 e. The SMILES string of the molecule is C=CCn1c(SCc2cccc(C)c2)nc2sc3c(c2c1=O)CC[C@H](C)C3. The van der Waals surface area contributed by atoms with Crippen LogP contribution in [0.25, 0.3) is 10.2 Å². The minimum absolute atomic E-state index is 0.0960. The molecule has 0 aliphatic heterocycles. The summed E-state index contributed by atoms with van der Waals surface area (Å²) in [5.41, 5.74) is 3.84. The van der Waals surface area contributed by atoms with Gasteiger partial charge in [0.15, 0.2) is 5.16 Å². The first kappa shape index (κ1) is 18.5. The van der Waals surface area contributed by atoms with Gasteiger partial charge < -0.3 is 0 Å². The molecule has 0 fully saturated rings. The Balaban J connectivity index is 1.76. The Hall–Kier alpha value is -1.85. The molecule has 4 rings (SSSR count). The Morgan fingerprint density at radius 2 is 2.30 bits per heavy atom. The molecule has 1 atom stereocenters. The summed E-state index contributed by atoms with van der Waals surface area (Å²) in [5.74, 6) is 1.50. The zero-order valence-corrected chi connectivity index (χ0v) is 17.5. The summed E-state index contributed by atoms with van der Waals surface area (Å²) in [6.07, 6.45) is 5.01. The molecule has 0 spiro atoms. The highest BCUT2D eigenvalue weighted by molar-refractivity contribution is 7.98. The quantitative estimate of drug-likeness (QED) is 0.330. The summed E-state index contributed by atoms with van der Waals surface area (Å²) in [5, 5.41) is 1.64. The number of thioether (sulfide) groups is 1. The fourth-order valence-electron chi connectivity index (χ4n) is 3.75. The van der Waals surface area contributed by atoms with Crippen LogP contribution in [0.3, 0.4) is 0 Å². The van der Waals surface area contributed by atoms with E-state index in [2.05, 4.69) is 44.7 Å². The number of benzene rings is 1. The highest BCUT2D eigenvalue weighted by Crippen LogP contribution is 2.36. The van der Waals surface area contributed by atoms with Crippen LogP contribution in [0.15, 0.2) is 46.9 Å². The van der Waals surface area contributed by atoms with Gasteiger partial charge in [-0.15, -0.1) is 17.9 Å². The second kappa shape index (κ2) is 7.64. The maximum atomic E-state index is 13.3. The Morgan fingerprint density at radius 1 is 1.44 bits per heavy atom. The van der Waals surface area contributed by atoms with Crippen LogP contribution >= 0.6 is 23.1 Å². The number of rotatable bonds is 5. The van der Waals surface area contributed by atoms with Crippen molar-refractivity contribution in [2.24, 2.45) is 5.92 Å². The normalized spacial score (nSPS) is 16.4. The Kier molecular flexibility index (Phi) is 5.24. The third kappa shape index (κ3) is 3.63. The van der Waals surface area contributed by atoms with E-state index in [0.29, 0.717) is 12.5 Å². The lowest BCUT2D eigenvalue weighted by molar-refractivity contribution is 0.509. The number of aryl methyl sites for hydroxylation is 2. The molecule has 0 saturated carbocycles. The largest absolute Gasteiger partial charge is 0.283 e. The predicted octanol–water partition coefficient (Wildman–Crippen LogP) is 5.37. The molecule has 0 saturated heterocycles. The van der Waals surface area contributed by atoms with Crippen molar-refractivity contribution in [1.82, 2.24) is 9.55 Å². The Bertz CT molecular complexity index is 1060. The number of thiophene rings is 1. The van der Waals surface area contributed by atoms with Crippen molar-refractivity contribution in [3.63, 3.8) is 0 Å². The van der Waals surface area contributed by atoms with Crippen LogP contribution in [0, 0.1) is 12.8 Å². The first-order valence-electron chi connectivity index (χ1n) is 9.41. The molecule has 0 unspecified atom stereocenters. The molecule has 0 radical (unpaired) electrons. The molecule has 3 nitrogen and oxygen atoms in total. The highest BCUT2D eigenvalue weighted by Gasteiger charge is 2.24. The number of allylic oxidation sites excluding steroid dienone is 1. The minimum atomic E-state index is 0.0960. The number of hydrogen-bond donors (Lipinski definition) is 0. The van der Waals surface area contributed by atoms with Gasteiger partial charge in [0.25, 0.3) is 5.56 Å². The zero-order valence-electron chi connectivity index (χ0n) is 15.8. The van der Waals surface area contributed by atoms with Crippen molar-refractivity contribution in [1.29, 1.82) is 0 Å². The number of hydrogen-bond acceptors (Lipinski definition) is 4. The number of nitrogens with zero attached hydrogens (tertiary/aromatic N) is 2. The predicted molar refractivity (Wildman–Crippen MR) is 116 cm³/mol. The molecule has 3 aromatic rings. The van der Waals surface area contributed by atoms with Crippen molar-refractivity contribution < 1.29 is 0 Å². The van der Waals surface area contributed by atoms with Crippen molar-refractivity contribution in [2.45, 2.75) is 50.6 Å². The van der Waals surface area contributed by atoms with Gasteiger partial charge in [-0.25, -0.2) is 4.98 Å². The summed E-state index contributed by atoms with van der Waals surface area (Å²) in [6.45, 7) is 8.73. The topological polar surface area (TPSA) is 34.9 Å². The van der Waals surface area contributed by atoms with E-state index in [9.17, 15) is 4.79 Å². The molecule has 0 bridgehead atoms. The molecule has 0 amide bonds. The average molecular weight is 397 g/mol. The molecule has 5 heteroatoms. The third-order valence-corrected chi connectivity index (χ3v) is 7.34. The van der Waals surface area contributed by atoms with Gasteiger partial charge in [-0.1, -0.05) is 54.6 Å². The van der Waals surface area contributed by atoms with E-state index in [1.54, 1.807) is 33.7 Å². The van der Waals surface area contributed by atoms with Crippen LogP contribution < -0.4 is 5.56 Å². The van der Waals surface area contributed by atoms with Gasteiger partial charge in [-0.3, -0.25) is 9.36 Å². The smallest absolute Gasteiger partial charge is 0.263 e.